The molecule has 3 aromatic rings. The highest BCUT2D eigenvalue weighted by Gasteiger charge is 2.19. The molecule has 0 fully saturated rings. The van der Waals surface area contributed by atoms with Crippen molar-refractivity contribution in [3.8, 4) is 11.4 Å². The van der Waals surface area contributed by atoms with Gasteiger partial charge in [-0.3, -0.25) is 9.59 Å². The van der Waals surface area contributed by atoms with Crippen LogP contribution in [0.4, 0.5) is 5.69 Å². The highest BCUT2D eigenvalue weighted by molar-refractivity contribution is 7.08. The molecule has 0 radical (unpaired) electrons. The number of anilines is 1. The van der Waals surface area contributed by atoms with Crippen molar-refractivity contribution in [1.29, 1.82) is 0 Å². The maximum absolute atomic E-state index is 12.2. The Morgan fingerprint density at radius 2 is 1.93 bits per heavy atom. The molecule has 0 aliphatic carbocycles. The molecule has 0 aliphatic heterocycles. The topological polar surface area (TPSA) is 94.3 Å². The molecule has 0 bridgehead atoms. The van der Waals surface area contributed by atoms with Gasteiger partial charge in [-0.25, -0.2) is 0 Å². The smallest absolute Gasteiger partial charge is 0.307 e. The summed E-state index contributed by atoms with van der Waals surface area (Å²) < 4.78 is 10.4. The molecule has 1 atom stereocenters. The molecule has 0 unspecified atom stereocenters. The number of esters is 1. The largest absolute Gasteiger partial charge is 0.453 e. The number of rotatable bonds is 8. The number of carbonyl (C=O) groups excluding carboxylic acids is 2. The maximum Gasteiger partial charge on any atom is 0.307 e. The van der Waals surface area contributed by atoms with Crippen LogP contribution in [0.5, 0.6) is 0 Å². The van der Waals surface area contributed by atoms with E-state index in [1.807, 2.05) is 41.1 Å². The Morgan fingerprint density at radius 3 is 2.59 bits per heavy atom. The molecule has 1 aromatic carbocycles. The predicted molar refractivity (Wildman–Crippen MR) is 111 cm³/mol. The summed E-state index contributed by atoms with van der Waals surface area (Å²) in [4.78, 5) is 28.6. The highest BCUT2D eigenvalue weighted by Crippen LogP contribution is 2.19. The van der Waals surface area contributed by atoms with E-state index in [1.165, 1.54) is 12.5 Å². The van der Waals surface area contributed by atoms with Gasteiger partial charge in [-0.2, -0.15) is 16.3 Å². The fourth-order valence-corrected chi connectivity index (χ4v) is 3.21. The number of carbonyl (C=O) groups is 2. The van der Waals surface area contributed by atoms with Gasteiger partial charge in [-0.15, -0.1) is 0 Å². The van der Waals surface area contributed by atoms with E-state index in [-0.39, 0.29) is 18.7 Å². The van der Waals surface area contributed by atoms with Gasteiger partial charge in [-0.1, -0.05) is 31.1 Å². The summed E-state index contributed by atoms with van der Waals surface area (Å²) in [5.41, 5.74) is 2.72. The van der Waals surface area contributed by atoms with Crippen molar-refractivity contribution in [2.45, 2.75) is 45.6 Å². The number of thiophene rings is 1. The first kappa shape index (κ1) is 20.7. The average molecular weight is 413 g/mol. The van der Waals surface area contributed by atoms with E-state index < -0.39 is 12.1 Å². The van der Waals surface area contributed by atoms with E-state index in [0.29, 0.717) is 23.3 Å². The lowest BCUT2D eigenvalue weighted by Crippen LogP contribution is -2.30. The molecule has 7 nitrogen and oxygen atoms in total. The normalized spacial score (nSPS) is 12.0. The van der Waals surface area contributed by atoms with Gasteiger partial charge in [0, 0.05) is 23.1 Å². The van der Waals surface area contributed by atoms with E-state index in [9.17, 15) is 9.59 Å². The Kier molecular flexibility index (Phi) is 6.77. The standard InChI is InChI=1S/C21H23N3O4S/c1-13(2)15-4-6-17(7-5-15)22-21(26)14(3)27-19(25)9-8-18-23-20(24-28-18)16-10-11-29-12-16/h4-7,10-14H,8-9H2,1-3H3,(H,22,26)/t14-/m0/s1. The van der Waals surface area contributed by atoms with Crippen molar-refractivity contribution in [3.63, 3.8) is 0 Å². The lowest BCUT2D eigenvalue weighted by atomic mass is 10.0. The number of benzene rings is 1. The van der Waals surface area contributed by atoms with Crippen molar-refractivity contribution in [1.82, 2.24) is 10.1 Å². The molecule has 1 amide bonds. The number of ether oxygens (including phenoxy) is 1. The van der Waals surface area contributed by atoms with E-state index in [1.54, 1.807) is 11.3 Å². The van der Waals surface area contributed by atoms with Crippen LogP contribution in [0.1, 0.15) is 44.6 Å². The van der Waals surface area contributed by atoms with Crippen molar-refractivity contribution in [2.24, 2.45) is 0 Å². The Hall–Kier alpha value is -3.00. The Balaban J connectivity index is 1.45. The van der Waals surface area contributed by atoms with Gasteiger partial charge in [0.15, 0.2) is 6.10 Å². The number of amides is 1. The van der Waals surface area contributed by atoms with Gasteiger partial charge in [0.25, 0.3) is 5.91 Å². The van der Waals surface area contributed by atoms with Crippen LogP contribution in [-0.2, 0) is 20.7 Å². The van der Waals surface area contributed by atoms with Crippen LogP contribution >= 0.6 is 11.3 Å². The second kappa shape index (κ2) is 9.47. The van der Waals surface area contributed by atoms with Crippen LogP contribution in [-0.4, -0.2) is 28.1 Å². The summed E-state index contributed by atoms with van der Waals surface area (Å²) >= 11 is 1.54. The molecule has 0 saturated carbocycles. The number of hydrogen-bond acceptors (Lipinski definition) is 7. The average Bonchev–Trinajstić information content (AvgIpc) is 3.38. The molecule has 2 aromatic heterocycles. The van der Waals surface area contributed by atoms with Gasteiger partial charge in [0.05, 0.1) is 6.42 Å². The SMILES string of the molecule is CC(C)c1ccc(NC(=O)[C@H](C)OC(=O)CCc2nc(-c3ccsc3)no2)cc1. The second-order valence-electron chi connectivity index (χ2n) is 6.92. The third-order valence-corrected chi connectivity index (χ3v) is 5.00. The van der Waals surface area contributed by atoms with E-state index in [0.717, 1.165) is 5.56 Å². The predicted octanol–water partition coefficient (Wildman–Crippen LogP) is 4.42. The number of hydrogen-bond donors (Lipinski definition) is 1. The summed E-state index contributed by atoms with van der Waals surface area (Å²) in [6.45, 7) is 5.75. The second-order valence-corrected chi connectivity index (χ2v) is 7.70. The van der Waals surface area contributed by atoms with Gasteiger partial charge in [0.2, 0.25) is 11.7 Å². The highest BCUT2D eigenvalue weighted by atomic mass is 32.1. The van der Waals surface area contributed by atoms with Crippen molar-refractivity contribution >= 4 is 28.9 Å². The Morgan fingerprint density at radius 1 is 1.17 bits per heavy atom. The van der Waals surface area contributed by atoms with Gasteiger partial charge in [-0.05, 0) is 42.0 Å². The molecule has 0 saturated heterocycles. The van der Waals surface area contributed by atoms with Crippen LogP contribution in [0.15, 0.2) is 45.6 Å². The van der Waals surface area contributed by atoms with Crippen LogP contribution in [0, 0.1) is 0 Å². The van der Waals surface area contributed by atoms with E-state index in [4.69, 9.17) is 9.26 Å². The van der Waals surface area contributed by atoms with Gasteiger partial charge in [0.1, 0.15) is 0 Å². The van der Waals surface area contributed by atoms with Crippen molar-refractivity contribution < 1.29 is 18.8 Å². The molecule has 2 heterocycles. The maximum atomic E-state index is 12.2. The fourth-order valence-electron chi connectivity index (χ4n) is 2.58. The van der Waals surface area contributed by atoms with E-state index >= 15 is 0 Å². The quantitative estimate of drug-likeness (QED) is 0.549. The van der Waals surface area contributed by atoms with Crippen LogP contribution in [0.25, 0.3) is 11.4 Å². The van der Waals surface area contributed by atoms with Crippen LogP contribution in [0.3, 0.4) is 0 Å². The van der Waals surface area contributed by atoms with Gasteiger partial charge >= 0.3 is 5.97 Å². The molecule has 3 rings (SSSR count). The van der Waals surface area contributed by atoms with Crippen molar-refractivity contribution in [3.05, 3.63) is 52.5 Å². The Labute approximate surface area is 173 Å². The minimum atomic E-state index is -0.906. The number of nitrogens with zero attached hydrogens (tertiary/aromatic N) is 2. The summed E-state index contributed by atoms with van der Waals surface area (Å²) in [6.07, 6.45) is -0.608. The summed E-state index contributed by atoms with van der Waals surface area (Å²) in [6, 6.07) is 9.49. The lowest BCUT2D eigenvalue weighted by molar-refractivity contribution is -0.153. The number of aromatic nitrogens is 2. The third-order valence-electron chi connectivity index (χ3n) is 4.31. The molecule has 0 spiro atoms. The monoisotopic (exact) mass is 413 g/mol. The zero-order chi connectivity index (χ0) is 20.8. The van der Waals surface area contributed by atoms with Gasteiger partial charge < -0.3 is 14.6 Å². The first-order valence-corrected chi connectivity index (χ1v) is 10.3. The molecular weight excluding hydrogens is 390 g/mol. The molecular formula is C21H23N3O4S. The lowest BCUT2D eigenvalue weighted by Gasteiger charge is -2.14. The molecule has 0 aliphatic rings. The zero-order valence-electron chi connectivity index (χ0n) is 16.5. The minimum absolute atomic E-state index is 0.0476. The number of nitrogens with one attached hydrogen (secondary N) is 1. The van der Waals surface area contributed by atoms with Crippen LogP contribution in [0.2, 0.25) is 0 Å². The summed E-state index contributed by atoms with van der Waals surface area (Å²) in [5.74, 6) is 0.377. The molecule has 29 heavy (non-hydrogen) atoms. The molecule has 1 N–H and O–H groups in total. The summed E-state index contributed by atoms with van der Waals surface area (Å²) in [5, 5.41) is 10.5. The molecule has 152 valence electrons. The first-order chi connectivity index (χ1) is 13.9. The third kappa shape index (κ3) is 5.74. The number of aryl methyl sites for hydroxylation is 1. The van der Waals surface area contributed by atoms with E-state index in [2.05, 4.69) is 29.3 Å². The Bertz CT molecular complexity index is 949. The first-order valence-electron chi connectivity index (χ1n) is 9.38. The summed E-state index contributed by atoms with van der Waals surface area (Å²) in [7, 11) is 0. The fraction of sp³-hybridized carbons (Fsp3) is 0.333. The molecule has 8 heteroatoms. The zero-order valence-corrected chi connectivity index (χ0v) is 17.4. The van der Waals surface area contributed by atoms with Crippen LogP contribution < -0.4 is 5.32 Å². The van der Waals surface area contributed by atoms with Crippen molar-refractivity contribution in [2.75, 3.05) is 5.32 Å². The minimum Gasteiger partial charge on any atom is -0.453 e.